The van der Waals surface area contributed by atoms with Crippen LogP contribution >= 0.6 is 11.6 Å². The van der Waals surface area contributed by atoms with Gasteiger partial charge in [0.05, 0.1) is 13.2 Å². The molecule has 1 saturated heterocycles. The van der Waals surface area contributed by atoms with Crippen LogP contribution < -0.4 is 5.32 Å². The molecule has 13 heavy (non-hydrogen) atoms. The zero-order valence-corrected chi connectivity index (χ0v) is 8.86. The second kappa shape index (κ2) is 4.29. The van der Waals surface area contributed by atoms with Crippen molar-refractivity contribution in [2.75, 3.05) is 19.8 Å². The molecule has 0 aromatic rings. The van der Waals surface area contributed by atoms with Crippen molar-refractivity contribution in [3.8, 4) is 0 Å². The summed E-state index contributed by atoms with van der Waals surface area (Å²) in [6.07, 6.45) is 1.03. The lowest BCUT2D eigenvalue weighted by atomic mass is 9.83. The van der Waals surface area contributed by atoms with Gasteiger partial charge in [0.2, 0.25) is 5.91 Å². The molecule has 1 fully saturated rings. The van der Waals surface area contributed by atoms with Crippen LogP contribution in [0, 0.1) is 5.41 Å². The lowest BCUT2D eigenvalue weighted by Crippen LogP contribution is -2.51. The van der Waals surface area contributed by atoms with Crippen LogP contribution in [0.1, 0.15) is 20.3 Å². The van der Waals surface area contributed by atoms with E-state index in [4.69, 9.17) is 16.3 Å². The van der Waals surface area contributed by atoms with E-state index < -0.39 is 5.38 Å². The molecule has 1 heterocycles. The third kappa shape index (κ3) is 2.58. The first-order valence-corrected chi connectivity index (χ1v) is 5.03. The maximum Gasteiger partial charge on any atom is 0.237 e. The molecular weight excluding hydrogens is 190 g/mol. The summed E-state index contributed by atoms with van der Waals surface area (Å²) in [4.78, 5) is 11.2. The highest BCUT2D eigenvalue weighted by Gasteiger charge is 2.37. The van der Waals surface area contributed by atoms with Gasteiger partial charge in [-0.05, 0) is 13.3 Å². The first-order chi connectivity index (χ1) is 6.09. The van der Waals surface area contributed by atoms with Crippen LogP contribution in [0.2, 0.25) is 0 Å². The zero-order valence-electron chi connectivity index (χ0n) is 8.10. The molecule has 0 spiro atoms. The SMILES string of the molecule is CCC1(CNC(=O)C(C)Cl)COC1. The zero-order chi connectivity index (χ0) is 9.90. The Kier molecular flexibility index (Phi) is 3.56. The first kappa shape index (κ1) is 10.8. The van der Waals surface area contributed by atoms with Gasteiger partial charge in [0.25, 0.3) is 0 Å². The summed E-state index contributed by atoms with van der Waals surface area (Å²) in [6.45, 7) is 5.96. The Morgan fingerprint density at radius 1 is 1.69 bits per heavy atom. The molecule has 1 unspecified atom stereocenters. The van der Waals surface area contributed by atoms with Crippen LogP contribution in [0.4, 0.5) is 0 Å². The third-order valence-electron chi connectivity index (χ3n) is 2.57. The largest absolute Gasteiger partial charge is 0.380 e. The van der Waals surface area contributed by atoms with E-state index in [0.29, 0.717) is 6.54 Å². The van der Waals surface area contributed by atoms with Crippen LogP contribution in [-0.4, -0.2) is 31.0 Å². The van der Waals surface area contributed by atoms with Crippen molar-refractivity contribution in [1.82, 2.24) is 5.32 Å². The van der Waals surface area contributed by atoms with Crippen molar-refractivity contribution in [2.45, 2.75) is 25.6 Å². The van der Waals surface area contributed by atoms with Crippen LogP contribution in [0.15, 0.2) is 0 Å². The third-order valence-corrected chi connectivity index (χ3v) is 2.76. The highest BCUT2D eigenvalue weighted by molar-refractivity contribution is 6.30. The molecule has 4 heteroatoms. The summed E-state index contributed by atoms with van der Waals surface area (Å²) in [5, 5.41) is 2.38. The Morgan fingerprint density at radius 2 is 2.31 bits per heavy atom. The molecule has 1 atom stereocenters. The number of carbonyl (C=O) groups is 1. The molecule has 1 aliphatic heterocycles. The lowest BCUT2D eigenvalue weighted by molar-refractivity contribution is -0.129. The normalized spacial score (nSPS) is 21.8. The fourth-order valence-electron chi connectivity index (χ4n) is 1.24. The van der Waals surface area contributed by atoms with Crippen molar-refractivity contribution in [3.05, 3.63) is 0 Å². The van der Waals surface area contributed by atoms with Crippen LogP contribution in [0.3, 0.4) is 0 Å². The highest BCUT2D eigenvalue weighted by Crippen LogP contribution is 2.30. The molecule has 3 nitrogen and oxygen atoms in total. The topological polar surface area (TPSA) is 38.3 Å². The molecular formula is C9H16ClNO2. The maximum absolute atomic E-state index is 11.2. The molecule has 1 rings (SSSR count). The lowest BCUT2D eigenvalue weighted by Gasteiger charge is -2.40. The fraction of sp³-hybridized carbons (Fsp3) is 0.889. The van der Waals surface area contributed by atoms with Crippen molar-refractivity contribution < 1.29 is 9.53 Å². The van der Waals surface area contributed by atoms with Gasteiger partial charge in [0.15, 0.2) is 0 Å². The van der Waals surface area contributed by atoms with Crippen molar-refractivity contribution >= 4 is 17.5 Å². The van der Waals surface area contributed by atoms with Crippen LogP contribution in [0.25, 0.3) is 0 Å². The summed E-state index contributed by atoms with van der Waals surface area (Å²) < 4.78 is 5.14. The summed E-state index contributed by atoms with van der Waals surface area (Å²) in [6, 6.07) is 0. The summed E-state index contributed by atoms with van der Waals surface area (Å²) >= 11 is 5.62. The van der Waals surface area contributed by atoms with Gasteiger partial charge >= 0.3 is 0 Å². The Morgan fingerprint density at radius 3 is 2.62 bits per heavy atom. The van der Waals surface area contributed by atoms with Gasteiger partial charge in [0.1, 0.15) is 5.38 Å². The predicted octanol–water partition coefficient (Wildman–Crippen LogP) is 1.16. The minimum absolute atomic E-state index is 0.0959. The number of rotatable bonds is 4. The molecule has 0 radical (unpaired) electrons. The molecule has 0 aliphatic carbocycles. The van der Waals surface area contributed by atoms with Crippen LogP contribution in [0.5, 0.6) is 0 Å². The fourth-order valence-corrected chi connectivity index (χ4v) is 1.31. The van der Waals surface area contributed by atoms with Gasteiger partial charge in [-0.15, -0.1) is 11.6 Å². The van der Waals surface area contributed by atoms with E-state index in [9.17, 15) is 4.79 Å². The number of amides is 1. The monoisotopic (exact) mass is 205 g/mol. The maximum atomic E-state index is 11.2. The second-order valence-corrected chi connectivity index (χ2v) is 4.33. The molecule has 0 saturated carbocycles. The number of nitrogens with one attached hydrogen (secondary N) is 1. The number of ether oxygens (including phenoxy) is 1. The van der Waals surface area contributed by atoms with Gasteiger partial charge in [-0.3, -0.25) is 4.79 Å². The van der Waals surface area contributed by atoms with E-state index in [1.54, 1.807) is 6.92 Å². The molecule has 0 aromatic heterocycles. The molecule has 0 bridgehead atoms. The number of alkyl halides is 1. The van der Waals surface area contributed by atoms with Gasteiger partial charge < -0.3 is 10.1 Å². The Labute approximate surface area is 83.8 Å². The number of hydrogen-bond donors (Lipinski definition) is 1. The predicted molar refractivity (Wildman–Crippen MR) is 51.9 cm³/mol. The Balaban J connectivity index is 2.28. The molecule has 76 valence electrons. The Hall–Kier alpha value is -0.280. The minimum atomic E-state index is -0.449. The van der Waals surface area contributed by atoms with Crippen molar-refractivity contribution in [2.24, 2.45) is 5.41 Å². The molecule has 0 aromatic carbocycles. The number of halogens is 1. The molecule has 1 N–H and O–H groups in total. The van der Waals surface area contributed by atoms with E-state index >= 15 is 0 Å². The van der Waals surface area contributed by atoms with E-state index in [1.165, 1.54) is 0 Å². The number of carbonyl (C=O) groups excluding carboxylic acids is 1. The van der Waals surface area contributed by atoms with Crippen molar-refractivity contribution in [3.63, 3.8) is 0 Å². The molecule has 1 aliphatic rings. The quantitative estimate of drug-likeness (QED) is 0.700. The standard InChI is InChI=1S/C9H16ClNO2/c1-3-9(5-13-6-9)4-11-8(12)7(2)10/h7H,3-6H2,1-2H3,(H,11,12). The average molecular weight is 206 g/mol. The van der Waals surface area contributed by atoms with E-state index in [1.807, 2.05) is 0 Å². The highest BCUT2D eigenvalue weighted by atomic mass is 35.5. The van der Waals surface area contributed by atoms with Crippen molar-refractivity contribution in [1.29, 1.82) is 0 Å². The summed E-state index contributed by atoms with van der Waals surface area (Å²) in [7, 11) is 0. The number of hydrogen-bond acceptors (Lipinski definition) is 2. The average Bonchev–Trinajstić information content (AvgIpc) is 2.02. The molecule has 1 amide bonds. The minimum Gasteiger partial charge on any atom is -0.380 e. The first-order valence-electron chi connectivity index (χ1n) is 4.59. The van der Waals surface area contributed by atoms with Gasteiger partial charge in [-0.1, -0.05) is 6.92 Å². The second-order valence-electron chi connectivity index (χ2n) is 3.68. The van der Waals surface area contributed by atoms with Gasteiger partial charge in [-0.25, -0.2) is 0 Å². The van der Waals surface area contributed by atoms with Gasteiger partial charge in [-0.2, -0.15) is 0 Å². The Bertz CT molecular complexity index is 185. The van der Waals surface area contributed by atoms with Gasteiger partial charge in [0, 0.05) is 12.0 Å². The van der Waals surface area contributed by atoms with E-state index in [-0.39, 0.29) is 11.3 Å². The van der Waals surface area contributed by atoms with Crippen LogP contribution in [-0.2, 0) is 9.53 Å². The smallest absolute Gasteiger partial charge is 0.237 e. The van der Waals surface area contributed by atoms with E-state index in [2.05, 4.69) is 12.2 Å². The van der Waals surface area contributed by atoms with E-state index in [0.717, 1.165) is 19.6 Å². The summed E-state index contributed by atoms with van der Waals surface area (Å²) in [5.41, 5.74) is 0.168. The summed E-state index contributed by atoms with van der Waals surface area (Å²) in [5.74, 6) is -0.0959.